The van der Waals surface area contributed by atoms with Crippen molar-refractivity contribution in [2.75, 3.05) is 6.66 Å². The van der Waals surface area contributed by atoms with Crippen molar-refractivity contribution in [2.45, 2.75) is 67.6 Å². The van der Waals surface area contributed by atoms with Crippen LogP contribution in [0, 0.1) is 10.8 Å². The average Bonchev–Trinajstić information content (AvgIpc) is 1.97. The van der Waals surface area contributed by atoms with E-state index in [1.165, 1.54) is 0 Å². The molecule has 0 spiro atoms. The Bertz CT molecular complexity index is 260. The maximum Gasteiger partial charge on any atom is 0.328 e. The molecule has 0 aromatic carbocycles. The van der Waals surface area contributed by atoms with Gasteiger partial charge in [0.15, 0.2) is 0 Å². The minimum absolute atomic E-state index is 0.0417. The van der Waals surface area contributed by atoms with Crippen LogP contribution in [0.25, 0.3) is 0 Å². The van der Waals surface area contributed by atoms with Crippen LogP contribution in [0.3, 0.4) is 0 Å². The fourth-order valence-corrected chi connectivity index (χ4v) is 2.75. The molecule has 4 heteroatoms. The number of rotatable bonds is 4. The Balaban J connectivity index is 4.56. The normalized spacial score (nSPS) is 20.8. The molecule has 17 heavy (non-hydrogen) atoms. The van der Waals surface area contributed by atoms with Crippen molar-refractivity contribution in [3.8, 4) is 0 Å². The fourth-order valence-electron chi connectivity index (χ4n) is 0.915. The van der Waals surface area contributed by atoms with Crippen LogP contribution in [-0.2, 0) is 13.6 Å². The minimum Gasteiger partial charge on any atom is -0.305 e. The van der Waals surface area contributed by atoms with Crippen molar-refractivity contribution in [3.05, 3.63) is 0 Å². The Kier molecular flexibility index (Phi) is 5.47. The first-order chi connectivity index (χ1) is 7.26. The smallest absolute Gasteiger partial charge is 0.305 e. The molecule has 3 atom stereocenters. The van der Waals surface area contributed by atoms with Crippen LogP contribution >= 0.6 is 7.60 Å². The van der Waals surface area contributed by atoms with Crippen molar-refractivity contribution in [3.63, 3.8) is 0 Å². The average molecular weight is 264 g/mol. The summed E-state index contributed by atoms with van der Waals surface area (Å²) in [6, 6.07) is 0. The third-order valence-corrected chi connectivity index (χ3v) is 4.54. The van der Waals surface area contributed by atoms with Gasteiger partial charge in [-0.2, -0.15) is 0 Å². The molecular formula is C13H29O3P. The van der Waals surface area contributed by atoms with Gasteiger partial charge in [-0.05, 0) is 24.7 Å². The molecule has 0 saturated carbocycles. The summed E-state index contributed by atoms with van der Waals surface area (Å²) in [5, 5.41) is 0. The zero-order valence-corrected chi connectivity index (χ0v) is 13.7. The van der Waals surface area contributed by atoms with Crippen molar-refractivity contribution in [1.82, 2.24) is 0 Å². The van der Waals surface area contributed by atoms with Crippen molar-refractivity contribution in [1.29, 1.82) is 0 Å². The Morgan fingerprint density at radius 2 is 1.06 bits per heavy atom. The highest BCUT2D eigenvalue weighted by Gasteiger charge is 2.32. The standard InChI is InChI=1S/C13H29O3P/c1-10(12(3,4)5)15-17(9,14)16-11(2)13(6,7)8/h10-11H,1-9H3/t10-,11+,17?. The lowest BCUT2D eigenvalue weighted by Crippen LogP contribution is -2.28. The first kappa shape index (κ1) is 17.2. The second-order valence-electron chi connectivity index (χ2n) is 7.00. The van der Waals surface area contributed by atoms with Crippen LogP contribution in [0.4, 0.5) is 0 Å². The second kappa shape index (κ2) is 5.42. The molecule has 3 nitrogen and oxygen atoms in total. The molecule has 0 aliphatic heterocycles. The zero-order valence-electron chi connectivity index (χ0n) is 12.8. The van der Waals surface area contributed by atoms with Crippen LogP contribution < -0.4 is 0 Å². The Labute approximate surface area is 107 Å². The maximum absolute atomic E-state index is 12.3. The van der Waals surface area contributed by atoms with E-state index in [4.69, 9.17) is 9.05 Å². The summed E-state index contributed by atoms with van der Waals surface area (Å²) in [6.45, 7) is 17.8. The molecule has 0 N–H and O–H groups in total. The first-order valence-corrected chi connectivity index (χ1v) is 8.19. The molecule has 0 saturated heterocycles. The highest BCUT2D eigenvalue weighted by molar-refractivity contribution is 7.53. The van der Waals surface area contributed by atoms with E-state index in [1.807, 2.05) is 13.8 Å². The predicted octanol–water partition coefficient (Wildman–Crippen LogP) is 4.71. The SMILES string of the molecule is C[C@H](OP(C)(=O)O[C@H](C)C(C)(C)C)C(C)(C)C. The zero-order chi connectivity index (χ0) is 14.1. The molecule has 0 aliphatic carbocycles. The van der Waals surface area contributed by atoms with E-state index in [0.717, 1.165) is 0 Å². The van der Waals surface area contributed by atoms with Crippen LogP contribution in [0.5, 0.6) is 0 Å². The van der Waals surface area contributed by atoms with Crippen molar-refractivity contribution in [2.24, 2.45) is 10.8 Å². The summed E-state index contributed by atoms with van der Waals surface area (Å²) in [5.41, 5.74) is -0.0833. The highest BCUT2D eigenvalue weighted by Crippen LogP contribution is 2.50. The lowest BCUT2D eigenvalue weighted by molar-refractivity contribution is 0.0408. The third-order valence-electron chi connectivity index (χ3n) is 3.14. The summed E-state index contributed by atoms with van der Waals surface area (Å²) in [4.78, 5) is 0. The summed E-state index contributed by atoms with van der Waals surface area (Å²) in [6.07, 6.45) is -0.212. The molecule has 0 bridgehead atoms. The van der Waals surface area contributed by atoms with Crippen LogP contribution in [0.2, 0.25) is 0 Å². The molecule has 0 aromatic heterocycles. The van der Waals surface area contributed by atoms with Gasteiger partial charge in [0, 0.05) is 6.66 Å². The van der Waals surface area contributed by atoms with Gasteiger partial charge in [0.05, 0.1) is 12.2 Å². The first-order valence-electron chi connectivity index (χ1n) is 6.20. The fraction of sp³-hybridized carbons (Fsp3) is 1.00. The minimum atomic E-state index is -3.00. The summed E-state index contributed by atoms with van der Waals surface area (Å²) < 4.78 is 23.5. The summed E-state index contributed by atoms with van der Waals surface area (Å²) in [5.74, 6) is 0. The van der Waals surface area contributed by atoms with Gasteiger partial charge in [-0.25, -0.2) is 0 Å². The molecule has 0 amide bonds. The lowest BCUT2D eigenvalue weighted by atomic mass is 9.91. The van der Waals surface area contributed by atoms with Gasteiger partial charge in [-0.3, -0.25) is 4.57 Å². The molecule has 0 heterocycles. The molecule has 1 unspecified atom stereocenters. The van der Waals surface area contributed by atoms with E-state index in [9.17, 15) is 4.57 Å². The topological polar surface area (TPSA) is 35.5 Å². The van der Waals surface area contributed by atoms with Gasteiger partial charge >= 0.3 is 7.60 Å². The van der Waals surface area contributed by atoms with Crippen molar-refractivity contribution >= 4 is 7.60 Å². The Hall–Kier alpha value is 0.150. The molecule has 0 fully saturated rings. The highest BCUT2D eigenvalue weighted by atomic mass is 31.2. The number of hydrogen-bond donors (Lipinski definition) is 0. The third kappa shape index (κ3) is 6.59. The van der Waals surface area contributed by atoms with Gasteiger partial charge in [-0.1, -0.05) is 41.5 Å². The van der Waals surface area contributed by atoms with Gasteiger partial charge in [0.2, 0.25) is 0 Å². The molecule has 0 aliphatic rings. The number of hydrogen-bond acceptors (Lipinski definition) is 3. The lowest BCUT2D eigenvalue weighted by Gasteiger charge is -2.33. The van der Waals surface area contributed by atoms with E-state index in [1.54, 1.807) is 6.66 Å². The molecule has 0 radical (unpaired) electrons. The van der Waals surface area contributed by atoms with E-state index < -0.39 is 7.60 Å². The molecule has 0 aromatic rings. The van der Waals surface area contributed by atoms with Gasteiger partial charge in [-0.15, -0.1) is 0 Å². The van der Waals surface area contributed by atoms with Crippen LogP contribution in [0.1, 0.15) is 55.4 Å². The largest absolute Gasteiger partial charge is 0.328 e. The van der Waals surface area contributed by atoms with E-state index in [2.05, 4.69) is 41.5 Å². The van der Waals surface area contributed by atoms with Gasteiger partial charge in [0.1, 0.15) is 0 Å². The molecule has 0 rings (SSSR count). The Morgan fingerprint density at radius 1 is 0.824 bits per heavy atom. The van der Waals surface area contributed by atoms with Gasteiger partial charge in [0.25, 0.3) is 0 Å². The Morgan fingerprint density at radius 3 is 1.24 bits per heavy atom. The second-order valence-corrected chi connectivity index (χ2v) is 8.96. The van der Waals surface area contributed by atoms with Crippen LogP contribution in [0.15, 0.2) is 0 Å². The maximum atomic E-state index is 12.3. The van der Waals surface area contributed by atoms with E-state index in [-0.39, 0.29) is 23.0 Å². The van der Waals surface area contributed by atoms with Gasteiger partial charge < -0.3 is 9.05 Å². The monoisotopic (exact) mass is 264 g/mol. The van der Waals surface area contributed by atoms with Crippen molar-refractivity contribution < 1.29 is 13.6 Å². The molecular weight excluding hydrogens is 235 g/mol. The van der Waals surface area contributed by atoms with E-state index in [0.29, 0.717) is 0 Å². The molecule has 104 valence electrons. The summed E-state index contributed by atoms with van der Waals surface area (Å²) in [7, 11) is -3.00. The van der Waals surface area contributed by atoms with Crippen LogP contribution in [-0.4, -0.2) is 18.9 Å². The summed E-state index contributed by atoms with van der Waals surface area (Å²) >= 11 is 0. The quantitative estimate of drug-likeness (QED) is 0.690. The predicted molar refractivity (Wildman–Crippen MR) is 73.5 cm³/mol. The van der Waals surface area contributed by atoms with E-state index >= 15 is 0 Å².